The fourth-order valence-corrected chi connectivity index (χ4v) is 0.988. The van der Waals surface area contributed by atoms with Crippen molar-refractivity contribution >= 4 is 12.0 Å². The van der Waals surface area contributed by atoms with E-state index in [4.69, 9.17) is 5.11 Å². The lowest BCUT2D eigenvalue weighted by Gasteiger charge is -1.97. The average Bonchev–Trinajstić information content (AvgIpc) is 2.20. The number of halogens is 1. The van der Waals surface area contributed by atoms with E-state index >= 15 is 0 Å². The maximum atomic E-state index is 12.7. The summed E-state index contributed by atoms with van der Waals surface area (Å²) in [5.74, 6) is -1.61. The maximum absolute atomic E-state index is 12.7. The molecule has 1 rings (SSSR count). The van der Waals surface area contributed by atoms with Gasteiger partial charge in [0, 0.05) is 6.08 Å². The summed E-state index contributed by atoms with van der Waals surface area (Å²) >= 11 is 0. The molecule has 0 atom stereocenters. The Kier molecular flexibility index (Phi) is 3.85. The Morgan fingerprint density at radius 1 is 1.60 bits per heavy atom. The van der Waals surface area contributed by atoms with Gasteiger partial charge in [0.1, 0.15) is 0 Å². The van der Waals surface area contributed by atoms with E-state index in [0.29, 0.717) is 12.2 Å². The first-order chi connectivity index (χ1) is 7.13. The lowest BCUT2D eigenvalue weighted by atomic mass is 10.2. The second kappa shape index (κ2) is 5.14. The van der Waals surface area contributed by atoms with Gasteiger partial charge >= 0.3 is 5.97 Å². The molecule has 0 saturated heterocycles. The Morgan fingerprint density at radius 3 is 2.93 bits per heavy atom. The summed E-state index contributed by atoms with van der Waals surface area (Å²) in [7, 11) is 0. The number of phenolic OH excluding ortho intramolecular Hbond substituents is 1. The van der Waals surface area contributed by atoms with Gasteiger partial charge in [0.15, 0.2) is 11.6 Å². The van der Waals surface area contributed by atoms with Crippen molar-refractivity contribution in [3.8, 4) is 5.75 Å². The highest BCUT2D eigenvalue weighted by Crippen LogP contribution is 2.17. The molecule has 0 radical (unpaired) electrons. The standard InChI is InChI=1S/C11H11FO3/c1-2-15-11(14)6-4-8-3-5-9(12)10(13)7-8/h3-7,13H,2H2,1H3/b6-4+. The zero-order valence-corrected chi connectivity index (χ0v) is 8.24. The van der Waals surface area contributed by atoms with Crippen LogP contribution < -0.4 is 0 Å². The SMILES string of the molecule is CCOC(=O)/C=C/c1ccc(F)c(O)c1. The minimum atomic E-state index is -0.691. The van der Waals surface area contributed by atoms with E-state index in [-0.39, 0.29) is 0 Å². The molecule has 80 valence electrons. The summed E-state index contributed by atoms with van der Waals surface area (Å²) in [6, 6.07) is 3.80. The number of hydrogen-bond acceptors (Lipinski definition) is 3. The number of rotatable bonds is 3. The molecule has 0 aliphatic carbocycles. The van der Waals surface area contributed by atoms with Crippen LogP contribution in [0.2, 0.25) is 0 Å². The van der Waals surface area contributed by atoms with Gasteiger partial charge in [-0.05, 0) is 30.7 Å². The van der Waals surface area contributed by atoms with Crippen LogP contribution in [0.4, 0.5) is 4.39 Å². The van der Waals surface area contributed by atoms with Crippen molar-refractivity contribution < 1.29 is 19.0 Å². The van der Waals surface area contributed by atoms with Gasteiger partial charge in [-0.1, -0.05) is 6.07 Å². The summed E-state index contributed by atoms with van der Waals surface area (Å²) in [5.41, 5.74) is 0.530. The van der Waals surface area contributed by atoms with E-state index < -0.39 is 17.5 Å². The molecule has 0 aliphatic rings. The summed E-state index contributed by atoms with van der Waals surface area (Å²) in [5, 5.41) is 9.04. The molecule has 0 aromatic heterocycles. The molecule has 0 saturated carbocycles. The quantitative estimate of drug-likeness (QED) is 0.614. The molecule has 0 spiro atoms. The lowest BCUT2D eigenvalue weighted by Crippen LogP contribution is -1.98. The molecule has 4 heteroatoms. The Hall–Kier alpha value is -1.84. The Bertz CT molecular complexity index is 385. The summed E-state index contributed by atoms with van der Waals surface area (Å²) in [4.78, 5) is 10.9. The molecular formula is C11H11FO3. The van der Waals surface area contributed by atoms with Gasteiger partial charge in [-0.3, -0.25) is 0 Å². The van der Waals surface area contributed by atoms with Crippen LogP contribution in [0.5, 0.6) is 5.75 Å². The summed E-state index contributed by atoms with van der Waals surface area (Å²) < 4.78 is 17.3. The van der Waals surface area contributed by atoms with Crippen LogP contribution in [-0.4, -0.2) is 17.7 Å². The van der Waals surface area contributed by atoms with Gasteiger partial charge in [0.25, 0.3) is 0 Å². The van der Waals surface area contributed by atoms with Crippen LogP contribution in [0.1, 0.15) is 12.5 Å². The molecule has 0 heterocycles. The molecule has 0 fully saturated rings. The number of esters is 1. The van der Waals surface area contributed by atoms with Gasteiger partial charge in [0.2, 0.25) is 0 Å². The van der Waals surface area contributed by atoms with Crippen molar-refractivity contribution in [1.82, 2.24) is 0 Å². The zero-order valence-electron chi connectivity index (χ0n) is 8.24. The van der Waals surface area contributed by atoms with E-state index in [1.807, 2.05) is 0 Å². The number of benzene rings is 1. The molecule has 0 aliphatic heterocycles. The fourth-order valence-electron chi connectivity index (χ4n) is 0.988. The topological polar surface area (TPSA) is 46.5 Å². The summed E-state index contributed by atoms with van der Waals surface area (Å²) in [6.45, 7) is 2.01. The zero-order chi connectivity index (χ0) is 11.3. The minimum absolute atomic E-state index is 0.303. The number of ether oxygens (including phenoxy) is 1. The molecule has 0 bridgehead atoms. The van der Waals surface area contributed by atoms with E-state index in [1.165, 1.54) is 24.3 Å². The van der Waals surface area contributed by atoms with Crippen molar-refractivity contribution in [2.24, 2.45) is 0 Å². The molecule has 0 amide bonds. The fraction of sp³-hybridized carbons (Fsp3) is 0.182. The number of hydrogen-bond donors (Lipinski definition) is 1. The van der Waals surface area contributed by atoms with Crippen LogP contribution in [0.3, 0.4) is 0 Å². The third kappa shape index (κ3) is 3.42. The number of phenols is 1. The van der Waals surface area contributed by atoms with E-state index in [1.54, 1.807) is 6.92 Å². The third-order valence-electron chi connectivity index (χ3n) is 1.67. The molecule has 1 aromatic rings. The van der Waals surface area contributed by atoms with Crippen molar-refractivity contribution in [2.45, 2.75) is 6.92 Å². The van der Waals surface area contributed by atoms with Crippen molar-refractivity contribution in [1.29, 1.82) is 0 Å². The monoisotopic (exact) mass is 210 g/mol. The second-order valence-electron chi connectivity index (χ2n) is 2.80. The normalized spacial score (nSPS) is 10.5. The van der Waals surface area contributed by atoms with Gasteiger partial charge < -0.3 is 9.84 Å². The highest BCUT2D eigenvalue weighted by atomic mass is 19.1. The molecule has 0 unspecified atom stereocenters. The number of carbonyl (C=O) groups excluding carboxylic acids is 1. The van der Waals surface area contributed by atoms with E-state index in [0.717, 1.165) is 6.07 Å². The highest BCUT2D eigenvalue weighted by molar-refractivity contribution is 5.87. The van der Waals surface area contributed by atoms with Crippen molar-refractivity contribution in [3.05, 3.63) is 35.7 Å². The predicted molar refractivity (Wildman–Crippen MR) is 53.7 cm³/mol. The molecule has 15 heavy (non-hydrogen) atoms. The molecule has 3 nitrogen and oxygen atoms in total. The Balaban J connectivity index is 2.72. The van der Waals surface area contributed by atoms with Crippen molar-refractivity contribution in [2.75, 3.05) is 6.61 Å². The molecular weight excluding hydrogens is 199 g/mol. The predicted octanol–water partition coefficient (Wildman–Crippen LogP) is 2.11. The Morgan fingerprint density at radius 2 is 2.33 bits per heavy atom. The largest absolute Gasteiger partial charge is 0.505 e. The number of carbonyl (C=O) groups is 1. The van der Waals surface area contributed by atoms with Crippen molar-refractivity contribution in [3.63, 3.8) is 0 Å². The second-order valence-corrected chi connectivity index (χ2v) is 2.80. The first-order valence-electron chi connectivity index (χ1n) is 4.47. The van der Waals surface area contributed by atoms with Gasteiger partial charge in [-0.25, -0.2) is 9.18 Å². The van der Waals surface area contributed by atoms with Crippen LogP contribution in [-0.2, 0) is 9.53 Å². The van der Waals surface area contributed by atoms with Crippen LogP contribution >= 0.6 is 0 Å². The first kappa shape index (κ1) is 11.2. The first-order valence-corrected chi connectivity index (χ1v) is 4.47. The van der Waals surface area contributed by atoms with Gasteiger partial charge in [0.05, 0.1) is 6.61 Å². The van der Waals surface area contributed by atoms with E-state index in [2.05, 4.69) is 4.74 Å². The summed E-state index contributed by atoms with van der Waals surface area (Å²) in [6.07, 6.45) is 2.66. The Labute approximate surface area is 86.8 Å². The van der Waals surface area contributed by atoms with Crippen LogP contribution in [0.15, 0.2) is 24.3 Å². The molecule has 1 aromatic carbocycles. The lowest BCUT2D eigenvalue weighted by molar-refractivity contribution is -0.137. The van der Waals surface area contributed by atoms with Gasteiger partial charge in [-0.2, -0.15) is 0 Å². The highest BCUT2D eigenvalue weighted by Gasteiger charge is 1.99. The van der Waals surface area contributed by atoms with Crippen LogP contribution in [0, 0.1) is 5.82 Å². The van der Waals surface area contributed by atoms with Crippen LogP contribution in [0.25, 0.3) is 6.08 Å². The number of aromatic hydroxyl groups is 1. The smallest absolute Gasteiger partial charge is 0.330 e. The minimum Gasteiger partial charge on any atom is -0.505 e. The van der Waals surface area contributed by atoms with E-state index in [9.17, 15) is 9.18 Å². The molecule has 1 N–H and O–H groups in total. The average molecular weight is 210 g/mol. The van der Waals surface area contributed by atoms with Gasteiger partial charge in [-0.15, -0.1) is 0 Å². The maximum Gasteiger partial charge on any atom is 0.330 e. The third-order valence-corrected chi connectivity index (χ3v) is 1.67.